The number of furan rings is 1. The van der Waals surface area contributed by atoms with Gasteiger partial charge in [0.25, 0.3) is 5.91 Å². The molecule has 4 rings (SSSR count). The minimum atomic E-state index is -3.12. The van der Waals surface area contributed by atoms with E-state index < -0.39 is 15.1 Å². The number of rotatable bonds is 4. The number of hydrogen-bond donors (Lipinski definition) is 1. The number of nitrogens with one attached hydrogen (secondary N) is 1. The average Bonchev–Trinajstić information content (AvgIpc) is 3.31. The largest absolute Gasteiger partial charge is 0.459 e. The Morgan fingerprint density at radius 3 is 2.88 bits per heavy atom. The van der Waals surface area contributed by atoms with Gasteiger partial charge in [0.15, 0.2) is 15.6 Å². The van der Waals surface area contributed by atoms with Crippen LogP contribution in [0, 0.1) is 12.8 Å². The summed E-state index contributed by atoms with van der Waals surface area (Å²) in [6, 6.07) is 7.34. The first kappa shape index (κ1) is 17.8. The van der Waals surface area contributed by atoms with Gasteiger partial charge >= 0.3 is 0 Å². The number of aryl methyl sites for hydroxylation is 1. The van der Waals surface area contributed by atoms with Crippen molar-refractivity contribution in [3.8, 4) is 0 Å². The summed E-state index contributed by atoms with van der Waals surface area (Å²) in [5.74, 6) is 0.0430. The van der Waals surface area contributed by atoms with Crippen LogP contribution in [0.5, 0.6) is 0 Å². The molecule has 0 radical (unpaired) electrons. The average molecular weight is 395 g/mol. The van der Waals surface area contributed by atoms with Crippen LogP contribution in [-0.2, 0) is 16.4 Å². The quantitative estimate of drug-likeness (QED) is 0.859. The lowest BCUT2D eigenvalue weighted by Gasteiger charge is -2.33. The van der Waals surface area contributed by atoms with Gasteiger partial charge in [-0.15, -0.1) is 11.3 Å². The lowest BCUT2D eigenvalue weighted by Crippen LogP contribution is -2.51. The van der Waals surface area contributed by atoms with E-state index in [1.165, 1.54) is 16.0 Å². The molecule has 2 saturated heterocycles. The van der Waals surface area contributed by atoms with E-state index >= 15 is 0 Å². The second-order valence-corrected chi connectivity index (χ2v) is 10.8. The van der Waals surface area contributed by atoms with Crippen LogP contribution in [0.25, 0.3) is 0 Å². The fourth-order valence-electron chi connectivity index (χ4n) is 4.05. The highest BCUT2D eigenvalue weighted by atomic mass is 32.2. The van der Waals surface area contributed by atoms with Crippen LogP contribution in [0.1, 0.15) is 26.7 Å². The van der Waals surface area contributed by atoms with E-state index in [9.17, 15) is 13.2 Å². The van der Waals surface area contributed by atoms with E-state index in [4.69, 9.17) is 4.42 Å². The fourth-order valence-corrected chi connectivity index (χ4v) is 7.11. The Morgan fingerprint density at radius 2 is 2.19 bits per heavy atom. The number of amides is 1. The number of thiophene rings is 1. The van der Waals surface area contributed by atoms with Crippen LogP contribution in [0.3, 0.4) is 0 Å². The summed E-state index contributed by atoms with van der Waals surface area (Å²) in [5.41, 5.74) is 0. The minimum absolute atomic E-state index is 0.0753. The number of nitrogens with zero attached hydrogens (tertiary/aromatic N) is 1. The highest BCUT2D eigenvalue weighted by Crippen LogP contribution is 2.34. The summed E-state index contributed by atoms with van der Waals surface area (Å²) in [6.45, 7) is 4.06. The highest BCUT2D eigenvalue weighted by Gasteiger charge is 2.48. The summed E-state index contributed by atoms with van der Waals surface area (Å²) in [5, 5.41) is 2.59. The van der Waals surface area contributed by atoms with Crippen molar-refractivity contribution in [2.75, 3.05) is 18.8 Å². The molecule has 3 atom stereocenters. The van der Waals surface area contributed by atoms with Crippen LogP contribution in [0.4, 0.5) is 0 Å². The Labute approximate surface area is 157 Å². The molecule has 2 aliphatic heterocycles. The van der Waals surface area contributed by atoms with E-state index in [-0.39, 0.29) is 29.4 Å². The number of fused-ring (bicyclic) bond motifs is 1. The van der Waals surface area contributed by atoms with E-state index in [2.05, 4.69) is 29.3 Å². The summed E-state index contributed by atoms with van der Waals surface area (Å²) in [4.78, 5) is 17.0. The maximum Gasteiger partial charge on any atom is 0.287 e. The second kappa shape index (κ2) is 6.83. The summed E-state index contributed by atoms with van der Waals surface area (Å²) < 4.78 is 30.3. The monoisotopic (exact) mass is 394 g/mol. The zero-order valence-corrected chi connectivity index (χ0v) is 16.2. The normalized spacial score (nSPS) is 28.0. The van der Waals surface area contributed by atoms with E-state index in [0.717, 1.165) is 6.54 Å². The van der Waals surface area contributed by atoms with Gasteiger partial charge in [0, 0.05) is 41.3 Å². The van der Waals surface area contributed by atoms with Gasteiger partial charge in [0.2, 0.25) is 0 Å². The van der Waals surface area contributed by atoms with Crippen molar-refractivity contribution in [3.05, 3.63) is 46.0 Å². The zero-order valence-electron chi connectivity index (χ0n) is 14.6. The van der Waals surface area contributed by atoms with Crippen molar-refractivity contribution in [1.29, 1.82) is 0 Å². The Hall–Kier alpha value is -1.64. The van der Waals surface area contributed by atoms with E-state index in [1.54, 1.807) is 23.5 Å². The number of carbonyl (C=O) groups excluding carboxylic acids is 1. The molecule has 140 valence electrons. The molecule has 2 aromatic heterocycles. The molecule has 2 aliphatic rings. The smallest absolute Gasteiger partial charge is 0.287 e. The number of carbonyl (C=O) groups is 1. The van der Waals surface area contributed by atoms with Gasteiger partial charge < -0.3 is 9.73 Å². The number of sulfone groups is 1. The molecule has 0 saturated carbocycles. The highest BCUT2D eigenvalue weighted by molar-refractivity contribution is 7.92. The van der Waals surface area contributed by atoms with Crippen molar-refractivity contribution in [2.24, 2.45) is 5.92 Å². The lowest BCUT2D eigenvalue weighted by atomic mass is 9.95. The summed E-state index contributed by atoms with van der Waals surface area (Å²) in [7, 11) is -3.12. The maximum absolute atomic E-state index is 12.6. The number of likely N-dealkylation sites (tertiary alicyclic amines) is 1. The SMILES string of the molecule is Cc1ccc(CN2CC3C(NC(=O)c4ccco4)CCS(=O)(=O)C3C2)s1. The van der Waals surface area contributed by atoms with Gasteiger partial charge in [-0.05, 0) is 37.6 Å². The summed E-state index contributed by atoms with van der Waals surface area (Å²) in [6.07, 6.45) is 1.92. The minimum Gasteiger partial charge on any atom is -0.459 e. The van der Waals surface area contributed by atoms with Crippen LogP contribution >= 0.6 is 11.3 Å². The first-order chi connectivity index (χ1) is 12.4. The molecule has 0 spiro atoms. The van der Waals surface area contributed by atoms with E-state index in [1.807, 2.05) is 0 Å². The molecule has 3 unspecified atom stereocenters. The van der Waals surface area contributed by atoms with Crippen LogP contribution in [0.15, 0.2) is 34.9 Å². The molecule has 26 heavy (non-hydrogen) atoms. The van der Waals surface area contributed by atoms with Crippen LogP contribution in [0.2, 0.25) is 0 Å². The molecule has 0 bridgehead atoms. The van der Waals surface area contributed by atoms with Crippen LogP contribution in [-0.4, -0.2) is 49.4 Å². The van der Waals surface area contributed by atoms with Gasteiger partial charge in [-0.25, -0.2) is 8.42 Å². The van der Waals surface area contributed by atoms with Gasteiger partial charge in [-0.3, -0.25) is 9.69 Å². The van der Waals surface area contributed by atoms with Crippen molar-refractivity contribution in [3.63, 3.8) is 0 Å². The third-order valence-electron chi connectivity index (χ3n) is 5.31. The Morgan fingerprint density at radius 1 is 1.35 bits per heavy atom. The van der Waals surface area contributed by atoms with Gasteiger partial charge in [0.1, 0.15) is 0 Å². The number of hydrogen-bond acceptors (Lipinski definition) is 6. The van der Waals surface area contributed by atoms with Crippen molar-refractivity contribution < 1.29 is 17.6 Å². The molecule has 1 N–H and O–H groups in total. The maximum atomic E-state index is 12.6. The molecule has 8 heteroatoms. The first-order valence-corrected chi connectivity index (χ1v) is 11.3. The first-order valence-electron chi connectivity index (χ1n) is 8.76. The van der Waals surface area contributed by atoms with E-state index in [0.29, 0.717) is 19.5 Å². The molecular weight excluding hydrogens is 372 g/mol. The van der Waals surface area contributed by atoms with Gasteiger partial charge in [-0.2, -0.15) is 0 Å². The molecule has 2 aromatic rings. The van der Waals surface area contributed by atoms with Crippen molar-refractivity contribution in [2.45, 2.75) is 31.2 Å². The van der Waals surface area contributed by atoms with Crippen LogP contribution < -0.4 is 5.32 Å². The predicted octanol–water partition coefficient (Wildman–Crippen LogP) is 2.07. The molecule has 4 heterocycles. The topological polar surface area (TPSA) is 79.6 Å². The third kappa shape index (κ3) is 3.45. The standard InChI is InChI=1S/C18H22N2O4S2/c1-12-4-5-13(25-12)9-20-10-14-15(6-8-26(22,23)17(14)11-20)19-18(21)16-3-2-7-24-16/h2-5,7,14-15,17H,6,8-11H2,1H3,(H,19,21). The zero-order chi connectivity index (χ0) is 18.3. The molecule has 1 amide bonds. The summed E-state index contributed by atoms with van der Waals surface area (Å²) >= 11 is 1.74. The predicted molar refractivity (Wildman–Crippen MR) is 100.0 cm³/mol. The van der Waals surface area contributed by atoms with Gasteiger partial charge in [0.05, 0.1) is 17.3 Å². The Balaban J connectivity index is 1.49. The third-order valence-corrected chi connectivity index (χ3v) is 8.52. The fraction of sp³-hybridized carbons (Fsp3) is 0.500. The Kier molecular flexibility index (Phi) is 4.66. The van der Waals surface area contributed by atoms with Crippen molar-refractivity contribution >= 4 is 27.1 Å². The molecule has 0 aliphatic carbocycles. The lowest BCUT2D eigenvalue weighted by molar-refractivity contribution is 0.0891. The molecule has 6 nitrogen and oxygen atoms in total. The van der Waals surface area contributed by atoms with Crippen molar-refractivity contribution in [1.82, 2.24) is 10.2 Å². The molecular formula is C18H22N2O4S2. The Bertz CT molecular complexity index is 888. The molecule has 2 fully saturated rings. The van der Waals surface area contributed by atoms with Gasteiger partial charge in [-0.1, -0.05) is 0 Å². The molecule has 0 aromatic carbocycles. The second-order valence-electron chi connectivity index (χ2n) is 7.12.